The molecule has 7 heteroatoms. The first kappa shape index (κ1) is 11.8. The molecule has 1 aromatic heterocycles. The van der Waals surface area contributed by atoms with Gasteiger partial charge < -0.3 is 9.84 Å². The summed E-state index contributed by atoms with van der Waals surface area (Å²) >= 11 is 0. The predicted octanol–water partition coefficient (Wildman–Crippen LogP) is -0.143. The van der Waals surface area contributed by atoms with Crippen molar-refractivity contribution in [2.24, 2.45) is 5.92 Å². The molecule has 0 fully saturated rings. The summed E-state index contributed by atoms with van der Waals surface area (Å²) in [4.78, 5) is 23.2. The average Bonchev–Trinajstić information content (AvgIpc) is 2.56. The van der Waals surface area contributed by atoms with Gasteiger partial charge in [0, 0.05) is 0 Å². The molecular formula is C10H15N3O4. The van der Waals surface area contributed by atoms with Crippen molar-refractivity contribution in [2.75, 3.05) is 6.61 Å². The molecule has 94 valence electrons. The molecule has 7 nitrogen and oxygen atoms in total. The molecule has 2 heterocycles. The number of aromatic nitrogens is 3. The highest BCUT2D eigenvalue weighted by molar-refractivity contribution is 5.71. The Labute approximate surface area is 97.6 Å². The second-order valence-electron chi connectivity index (χ2n) is 4.37. The van der Waals surface area contributed by atoms with E-state index in [1.807, 2.05) is 0 Å². The van der Waals surface area contributed by atoms with Gasteiger partial charge in [0.05, 0.1) is 13.2 Å². The SMILES string of the molecule is CC(C)[C@@H](C(=O)O)n1nc2n(c1=O)CCOC2. The molecule has 0 unspecified atom stereocenters. The quantitative estimate of drug-likeness (QED) is 0.795. The summed E-state index contributed by atoms with van der Waals surface area (Å²) in [5.74, 6) is -0.755. The molecule has 1 N–H and O–H groups in total. The van der Waals surface area contributed by atoms with Gasteiger partial charge in [-0.3, -0.25) is 4.57 Å². The van der Waals surface area contributed by atoms with Crippen LogP contribution in [-0.2, 0) is 22.7 Å². The maximum Gasteiger partial charge on any atom is 0.346 e. The van der Waals surface area contributed by atoms with E-state index in [1.165, 1.54) is 4.57 Å². The third-order valence-corrected chi connectivity index (χ3v) is 2.80. The minimum Gasteiger partial charge on any atom is -0.480 e. The minimum atomic E-state index is -1.04. The predicted molar refractivity (Wildman–Crippen MR) is 57.7 cm³/mol. The number of carbonyl (C=O) groups is 1. The maximum atomic E-state index is 12.0. The van der Waals surface area contributed by atoms with Crippen molar-refractivity contribution in [1.82, 2.24) is 14.3 Å². The van der Waals surface area contributed by atoms with Crippen molar-refractivity contribution in [3.63, 3.8) is 0 Å². The summed E-state index contributed by atoms with van der Waals surface area (Å²) in [6.45, 7) is 4.64. The van der Waals surface area contributed by atoms with Gasteiger partial charge in [-0.15, -0.1) is 0 Å². The number of carboxylic acids is 1. The number of nitrogens with zero attached hydrogens (tertiary/aromatic N) is 3. The van der Waals surface area contributed by atoms with Gasteiger partial charge in [-0.1, -0.05) is 13.8 Å². The zero-order valence-electron chi connectivity index (χ0n) is 9.79. The average molecular weight is 241 g/mol. The smallest absolute Gasteiger partial charge is 0.346 e. The first-order chi connectivity index (χ1) is 8.02. The Morgan fingerprint density at radius 2 is 2.24 bits per heavy atom. The van der Waals surface area contributed by atoms with Crippen molar-refractivity contribution in [2.45, 2.75) is 33.0 Å². The van der Waals surface area contributed by atoms with E-state index in [4.69, 9.17) is 9.84 Å². The normalized spacial score (nSPS) is 16.9. The standard InChI is InChI=1S/C10H15N3O4/c1-6(2)8(9(14)15)13-10(16)12-3-4-17-5-7(12)11-13/h6,8H,3-5H2,1-2H3,(H,14,15)/t8-/m0/s1. The Bertz CT molecular complexity index is 488. The molecule has 0 spiro atoms. The third kappa shape index (κ3) is 1.97. The molecule has 1 aliphatic rings. The summed E-state index contributed by atoms with van der Waals surface area (Å²) in [6, 6.07) is -0.930. The van der Waals surface area contributed by atoms with Crippen LogP contribution < -0.4 is 5.69 Å². The van der Waals surface area contributed by atoms with Crippen LogP contribution in [-0.4, -0.2) is 32.0 Å². The molecule has 0 amide bonds. The van der Waals surface area contributed by atoms with E-state index in [1.54, 1.807) is 13.8 Å². The van der Waals surface area contributed by atoms with Crippen LogP contribution in [0.25, 0.3) is 0 Å². The van der Waals surface area contributed by atoms with Crippen LogP contribution in [0.1, 0.15) is 25.7 Å². The highest BCUT2D eigenvalue weighted by Gasteiger charge is 2.29. The Morgan fingerprint density at radius 3 is 2.76 bits per heavy atom. The van der Waals surface area contributed by atoms with Crippen LogP contribution in [0.5, 0.6) is 0 Å². The van der Waals surface area contributed by atoms with E-state index in [0.717, 1.165) is 4.68 Å². The number of hydrogen-bond acceptors (Lipinski definition) is 4. The van der Waals surface area contributed by atoms with Crippen molar-refractivity contribution in [3.8, 4) is 0 Å². The number of aliphatic carboxylic acids is 1. The first-order valence-corrected chi connectivity index (χ1v) is 5.51. The van der Waals surface area contributed by atoms with Gasteiger partial charge in [0.25, 0.3) is 0 Å². The number of rotatable bonds is 3. The summed E-state index contributed by atoms with van der Waals surface area (Å²) in [6.07, 6.45) is 0. The fourth-order valence-electron chi connectivity index (χ4n) is 1.96. The lowest BCUT2D eigenvalue weighted by molar-refractivity contribution is -0.142. The largest absolute Gasteiger partial charge is 0.480 e. The lowest BCUT2D eigenvalue weighted by Gasteiger charge is -2.14. The van der Waals surface area contributed by atoms with Crippen molar-refractivity contribution >= 4 is 5.97 Å². The van der Waals surface area contributed by atoms with Crippen LogP contribution in [0.3, 0.4) is 0 Å². The first-order valence-electron chi connectivity index (χ1n) is 5.51. The van der Waals surface area contributed by atoms with Gasteiger partial charge in [-0.25, -0.2) is 9.59 Å². The molecule has 0 bridgehead atoms. The molecular weight excluding hydrogens is 226 g/mol. The Balaban J connectivity index is 2.48. The van der Waals surface area contributed by atoms with E-state index in [0.29, 0.717) is 19.0 Å². The second-order valence-corrected chi connectivity index (χ2v) is 4.37. The molecule has 0 radical (unpaired) electrons. The summed E-state index contributed by atoms with van der Waals surface area (Å²) < 4.78 is 7.71. The lowest BCUT2D eigenvalue weighted by Crippen LogP contribution is -2.35. The van der Waals surface area contributed by atoms with Gasteiger partial charge in [-0.2, -0.15) is 9.78 Å². The molecule has 2 rings (SSSR count). The molecule has 0 saturated heterocycles. The Hall–Kier alpha value is -1.63. The summed E-state index contributed by atoms with van der Waals surface area (Å²) in [7, 11) is 0. The van der Waals surface area contributed by atoms with E-state index in [2.05, 4.69) is 5.10 Å². The van der Waals surface area contributed by atoms with Gasteiger partial charge in [0.2, 0.25) is 0 Å². The van der Waals surface area contributed by atoms with E-state index in [-0.39, 0.29) is 18.2 Å². The van der Waals surface area contributed by atoms with E-state index in [9.17, 15) is 9.59 Å². The minimum absolute atomic E-state index is 0.205. The molecule has 0 aromatic carbocycles. The fraction of sp³-hybridized carbons (Fsp3) is 0.700. The van der Waals surface area contributed by atoms with Gasteiger partial charge in [0.15, 0.2) is 11.9 Å². The van der Waals surface area contributed by atoms with E-state index < -0.39 is 12.0 Å². The fourth-order valence-corrected chi connectivity index (χ4v) is 1.96. The van der Waals surface area contributed by atoms with Gasteiger partial charge in [0.1, 0.15) is 6.61 Å². The zero-order valence-corrected chi connectivity index (χ0v) is 9.79. The van der Waals surface area contributed by atoms with Gasteiger partial charge in [-0.05, 0) is 5.92 Å². The van der Waals surface area contributed by atoms with Crippen molar-refractivity contribution in [1.29, 1.82) is 0 Å². The molecule has 0 aliphatic carbocycles. The van der Waals surface area contributed by atoms with Crippen LogP contribution in [0, 0.1) is 5.92 Å². The number of carboxylic acid groups (broad SMARTS) is 1. The molecule has 1 aromatic rings. The molecule has 17 heavy (non-hydrogen) atoms. The topological polar surface area (TPSA) is 86.4 Å². The van der Waals surface area contributed by atoms with E-state index >= 15 is 0 Å². The summed E-state index contributed by atoms with van der Waals surface area (Å²) in [5, 5.41) is 13.2. The molecule has 0 saturated carbocycles. The summed E-state index contributed by atoms with van der Waals surface area (Å²) in [5.41, 5.74) is -0.371. The van der Waals surface area contributed by atoms with Crippen LogP contribution in [0.2, 0.25) is 0 Å². The lowest BCUT2D eigenvalue weighted by atomic mass is 10.1. The Kier molecular flexibility index (Phi) is 3.01. The number of ether oxygens (including phenoxy) is 1. The van der Waals surface area contributed by atoms with Crippen LogP contribution >= 0.6 is 0 Å². The highest BCUT2D eigenvalue weighted by atomic mass is 16.5. The van der Waals surface area contributed by atoms with Crippen molar-refractivity contribution < 1.29 is 14.6 Å². The second kappa shape index (κ2) is 4.33. The number of hydrogen-bond donors (Lipinski definition) is 1. The molecule has 1 aliphatic heterocycles. The number of fused-ring (bicyclic) bond motifs is 1. The zero-order chi connectivity index (χ0) is 12.6. The van der Waals surface area contributed by atoms with Crippen LogP contribution in [0.4, 0.5) is 0 Å². The Morgan fingerprint density at radius 1 is 1.53 bits per heavy atom. The third-order valence-electron chi connectivity index (χ3n) is 2.80. The molecule has 1 atom stereocenters. The highest BCUT2D eigenvalue weighted by Crippen LogP contribution is 2.16. The van der Waals surface area contributed by atoms with Gasteiger partial charge >= 0.3 is 11.7 Å². The maximum absolute atomic E-state index is 12.0. The monoisotopic (exact) mass is 241 g/mol. The van der Waals surface area contributed by atoms with Crippen LogP contribution in [0.15, 0.2) is 4.79 Å². The van der Waals surface area contributed by atoms with Crippen molar-refractivity contribution in [3.05, 3.63) is 16.3 Å².